The predicted molar refractivity (Wildman–Crippen MR) is 130 cm³/mol. The molecule has 0 unspecified atom stereocenters. The molecular weight excluding hydrogens is 479 g/mol. The number of hydrogen-bond donors (Lipinski definition) is 4. The third-order valence-corrected chi connectivity index (χ3v) is 6.03. The molecule has 3 aromatic rings. The van der Waals surface area contributed by atoms with Crippen LogP contribution >= 0.6 is 11.6 Å². The van der Waals surface area contributed by atoms with Crippen molar-refractivity contribution >= 4 is 40.3 Å². The minimum Gasteiger partial charge on any atom is -0.465 e. The Labute approximate surface area is 206 Å². The summed E-state index contributed by atoms with van der Waals surface area (Å²) in [6.45, 7) is -0.849. The van der Waals surface area contributed by atoms with Gasteiger partial charge in [0.2, 0.25) is 0 Å². The summed E-state index contributed by atoms with van der Waals surface area (Å²) in [4.78, 5) is 31.4. The van der Waals surface area contributed by atoms with E-state index in [0.29, 0.717) is 5.56 Å². The van der Waals surface area contributed by atoms with Gasteiger partial charge in [0.25, 0.3) is 0 Å². The molecule has 2 atom stereocenters. The van der Waals surface area contributed by atoms with Crippen LogP contribution in [-0.4, -0.2) is 69.7 Å². The van der Waals surface area contributed by atoms with Crippen molar-refractivity contribution in [3.63, 3.8) is 0 Å². The van der Waals surface area contributed by atoms with Crippen LogP contribution in [0.1, 0.15) is 12.0 Å². The van der Waals surface area contributed by atoms with Crippen molar-refractivity contribution < 1.29 is 29.3 Å². The molecular formula is C24H26ClFN4O5. The van der Waals surface area contributed by atoms with Gasteiger partial charge >= 0.3 is 12.1 Å². The lowest BCUT2D eigenvalue weighted by Gasteiger charge is -2.33. The molecule has 0 aliphatic rings. The van der Waals surface area contributed by atoms with Gasteiger partial charge in [0.05, 0.1) is 30.3 Å². The number of hydrogen-bond acceptors (Lipinski definition) is 5. The van der Waals surface area contributed by atoms with E-state index in [4.69, 9.17) is 11.6 Å². The maximum Gasteiger partial charge on any atom is 0.413 e. The largest absolute Gasteiger partial charge is 0.465 e. The van der Waals surface area contributed by atoms with E-state index in [1.165, 1.54) is 24.1 Å². The van der Waals surface area contributed by atoms with Crippen LogP contribution in [0, 0.1) is 5.82 Å². The number of carbonyl (C=O) groups is 2. The minimum atomic E-state index is -1.29. The smallest absolute Gasteiger partial charge is 0.413 e. The molecule has 0 bridgehead atoms. The lowest BCUT2D eigenvalue weighted by Crippen LogP contribution is -2.51. The van der Waals surface area contributed by atoms with Crippen molar-refractivity contribution in [3.05, 3.63) is 71.1 Å². The molecule has 0 aliphatic heterocycles. The number of rotatable bonds is 9. The molecule has 11 heteroatoms. The van der Waals surface area contributed by atoms with Crippen molar-refractivity contribution in [1.82, 2.24) is 15.2 Å². The molecule has 3 amide bonds. The van der Waals surface area contributed by atoms with Crippen LogP contribution in [0.3, 0.4) is 0 Å². The van der Waals surface area contributed by atoms with Gasteiger partial charge < -0.3 is 25.5 Å². The molecule has 0 radical (unpaired) electrons. The molecule has 186 valence electrons. The highest BCUT2D eigenvalue weighted by molar-refractivity contribution is 6.31. The SMILES string of the molecule is CN(C(=O)NCc1cccc(F)c1Cl)[C@H](C[C@H](O)CO)CN(C(=O)O)c1cc2ccccc2cn1. The summed E-state index contributed by atoms with van der Waals surface area (Å²) in [6.07, 6.45) is -1.03. The van der Waals surface area contributed by atoms with Crippen molar-refractivity contribution in [3.8, 4) is 0 Å². The first-order valence-corrected chi connectivity index (χ1v) is 11.2. The fourth-order valence-corrected chi connectivity index (χ4v) is 3.78. The van der Waals surface area contributed by atoms with E-state index in [1.807, 2.05) is 24.3 Å². The Morgan fingerprint density at radius 3 is 2.57 bits per heavy atom. The zero-order valence-corrected chi connectivity index (χ0v) is 19.7. The van der Waals surface area contributed by atoms with Crippen LogP contribution < -0.4 is 10.2 Å². The van der Waals surface area contributed by atoms with E-state index in [9.17, 15) is 29.3 Å². The van der Waals surface area contributed by atoms with E-state index in [-0.39, 0.29) is 30.4 Å². The Kier molecular flexibility index (Phi) is 8.80. The zero-order chi connectivity index (χ0) is 25.5. The van der Waals surface area contributed by atoms with Gasteiger partial charge in [-0.3, -0.25) is 4.90 Å². The molecule has 0 aliphatic carbocycles. The molecule has 4 N–H and O–H groups in total. The number of carbonyl (C=O) groups excluding carboxylic acids is 1. The standard InChI is InChI=1S/C24H26ClFN4O5/c1-29(23(33)28-12-17-7-4-8-20(26)22(17)25)18(10-19(32)14-31)13-30(24(34)35)21-9-15-5-2-3-6-16(15)11-27-21/h2-9,11,18-19,31-32H,10,12-14H2,1H3,(H,28,33)(H,34,35)/t18-,19+/m1/s1. The molecule has 0 saturated carbocycles. The average molecular weight is 505 g/mol. The number of anilines is 1. The van der Waals surface area contributed by atoms with Gasteiger partial charge in [-0.25, -0.2) is 19.0 Å². The number of amides is 3. The summed E-state index contributed by atoms with van der Waals surface area (Å²) in [5, 5.41) is 33.4. The molecule has 35 heavy (non-hydrogen) atoms. The van der Waals surface area contributed by atoms with Crippen LogP contribution in [0.15, 0.2) is 54.7 Å². The number of likely N-dealkylation sites (N-methyl/N-ethyl adjacent to an activating group) is 1. The summed E-state index contributed by atoms with van der Waals surface area (Å²) >= 11 is 5.94. The van der Waals surface area contributed by atoms with Gasteiger partial charge in [0.1, 0.15) is 11.6 Å². The van der Waals surface area contributed by atoms with Gasteiger partial charge in [-0.2, -0.15) is 0 Å². The van der Waals surface area contributed by atoms with Gasteiger partial charge in [-0.1, -0.05) is 48.0 Å². The normalized spacial score (nSPS) is 12.7. The van der Waals surface area contributed by atoms with Crippen molar-refractivity contribution in [2.75, 3.05) is 25.1 Å². The Morgan fingerprint density at radius 2 is 1.89 bits per heavy atom. The van der Waals surface area contributed by atoms with Gasteiger partial charge in [0, 0.05) is 25.2 Å². The fraction of sp³-hybridized carbons (Fsp3) is 0.292. The third-order valence-electron chi connectivity index (χ3n) is 5.60. The van der Waals surface area contributed by atoms with E-state index in [2.05, 4.69) is 10.3 Å². The Balaban J connectivity index is 1.80. The second-order valence-electron chi connectivity index (χ2n) is 7.99. The molecule has 2 aromatic carbocycles. The van der Waals surface area contributed by atoms with Crippen LogP contribution in [0.2, 0.25) is 5.02 Å². The number of aliphatic hydroxyl groups is 2. The van der Waals surface area contributed by atoms with Crippen molar-refractivity contribution in [2.45, 2.75) is 25.1 Å². The van der Waals surface area contributed by atoms with Crippen molar-refractivity contribution in [2.24, 2.45) is 0 Å². The number of nitrogens with zero attached hydrogens (tertiary/aromatic N) is 3. The van der Waals surface area contributed by atoms with Gasteiger partial charge in [-0.15, -0.1) is 0 Å². The molecule has 1 heterocycles. The number of nitrogens with one attached hydrogen (secondary N) is 1. The fourth-order valence-electron chi connectivity index (χ4n) is 3.59. The first-order chi connectivity index (χ1) is 16.7. The van der Waals surface area contributed by atoms with E-state index in [1.54, 1.807) is 18.3 Å². The summed E-state index contributed by atoms with van der Waals surface area (Å²) < 4.78 is 13.7. The molecule has 9 nitrogen and oxygen atoms in total. The summed E-state index contributed by atoms with van der Waals surface area (Å²) in [6, 6.07) is 11.8. The lowest BCUT2D eigenvalue weighted by atomic mass is 10.1. The highest BCUT2D eigenvalue weighted by Crippen LogP contribution is 2.22. The maximum absolute atomic E-state index is 13.7. The second-order valence-corrected chi connectivity index (χ2v) is 8.37. The molecule has 0 spiro atoms. The van der Waals surface area contributed by atoms with Crippen LogP contribution in [0.5, 0.6) is 0 Å². The molecule has 0 fully saturated rings. The second kappa shape index (κ2) is 11.8. The highest BCUT2D eigenvalue weighted by Gasteiger charge is 2.28. The van der Waals surface area contributed by atoms with E-state index >= 15 is 0 Å². The third kappa shape index (κ3) is 6.56. The first kappa shape index (κ1) is 26.1. The number of fused-ring (bicyclic) bond motifs is 1. The number of pyridine rings is 1. The monoisotopic (exact) mass is 504 g/mol. The predicted octanol–water partition coefficient (Wildman–Crippen LogP) is 3.47. The average Bonchev–Trinajstić information content (AvgIpc) is 2.86. The number of halogens is 2. The molecule has 0 saturated heterocycles. The maximum atomic E-state index is 13.7. The number of urea groups is 1. The highest BCUT2D eigenvalue weighted by atomic mass is 35.5. The Bertz CT molecular complexity index is 1200. The summed E-state index contributed by atoms with van der Waals surface area (Å²) in [5.74, 6) is -0.462. The quantitative estimate of drug-likeness (QED) is 0.353. The zero-order valence-electron chi connectivity index (χ0n) is 18.9. The number of benzene rings is 2. The van der Waals surface area contributed by atoms with Gasteiger partial charge in [0.15, 0.2) is 0 Å². The number of aromatic nitrogens is 1. The molecule has 3 rings (SSSR count). The summed E-state index contributed by atoms with van der Waals surface area (Å²) in [7, 11) is 1.44. The van der Waals surface area contributed by atoms with E-state index in [0.717, 1.165) is 15.7 Å². The van der Waals surface area contributed by atoms with E-state index < -0.39 is 36.7 Å². The number of carboxylic acid groups (broad SMARTS) is 1. The van der Waals surface area contributed by atoms with Gasteiger partial charge in [-0.05, 0) is 29.5 Å². The topological polar surface area (TPSA) is 126 Å². The first-order valence-electron chi connectivity index (χ1n) is 10.8. The van der Waals surface area contributed by atoms with Crippen LogP contribution in [0.4, 0.5) is 19.8 Å². The lowest BCUT2D eigenvalue weighted by molar-refractivity contribution is 0.0671. The molecule has 1 aromatic heterocycles. The number of aliphatic hydroxyl groups excluding tert-OH is 2. The Hall–Kier alpha value is -3.47. The van der Waals surface area contributed by atoms with Crippen LogP contribution in [-0.2, 0) is 6.54 Å². The summed E-state index contributed by atoms with van der Waals surface area (Å²) in [5.41, 5.74) is 0.368. The van der Waals surface area contributed by atoms with Crippen molar-refractivity contribution in [1.29, 1.82) is 0 Å². The van der Waals surface area contributed by atoms with Crippen LogP contribution in [0.25, 0.3) is 10.8 Å². The Morgan fingerprint density at radius 1 is 1.17 bits per heavy atom. The minimum absolute atomic E-state index is 0.0656.